The van der Waals surface area contributed by atoms with Crippen molar-refractivity contribution in [3.05, 3.63) is 65.2 Å². The van der Waals surface area contributed by atoms with Crippen molar-refractivity contribution in [1.82, 2.24) is 10.2 Å². The summed E-state index contributed by atoms with van der Waals surface area (Å²) in [4.78, 5) is 28.1. The molecule has 1 atom stereocenters. The summed E-state index contributed by atoms with van der Waals surface area (Å²) in [6, 6.07) is 15.0. The first-order chi connectivity index (χ1) is 17.6. The molecule has 0 aliphatic heterocycles. The topological polar surface area (TPSA) is 86.8 Å². The number of nitrogens with zero attached hydrogens (tertiary/aromatic N) is 2. The summed E-state index contributed by atoms with van der Waals surface area (Å²) in [5.41, 5.74) is 3.80. The second-order valence-corrected chi connectivity index (χ2v) is 12.0. The quantitative estimate of drug-likeness (QED) is 0.438. The zero-order chi connectivity index (χ0) is 27.0. The van der Waals surface area contributed by atoms with Crippen molar-refractivity contribution in [2.45, 2.75) is 84.3 Å². The van der Waals surface area contributed by atoms with E-state index in [-0.39, 0.29) is 30.8 Å². The summed E-state index contributed by atoms with van der Waals surface area (Å²) in [6.07, 6.45) is 6.73. The molecule has 1 saturated carbocycles. The molecule has 7 nitrogen and oxygen atoms in total. The highest BCUT2D eigenvalue weighted by Gasteiger charge is 2.28. The van der Waals surface area contributed by atoms with E-state index in [9.17, 15) is 18.0 Å². The average Bonchev–Trinajstić information content (AvgIpc) is 3.38. The predicted molar refractivity (Wildman–Crippen MR) is 149 cm³/mol. The smallest absolute Gasteiger partial charge is 0.242 e. The van der Waals surface area contributed by atoms with E-state index in [2.05, 4.69) is 5.32 Å². The largest absolute Gasteiger partial charge is 0.352 e. The number of hydrogen-bond acceptors (Lipinski definition) is 4. The number of carbonyl (C=O) groups is 2. The molecule has 1 N–H and O–H groups in total. The number of rotatable bonds is 12. The standard InChI is InChI=1S/C29H41N3O4S/c1-5-24-16-18-27(19-17-24)32(37(4,35)36)20-8-11-28(33)31(21-25-14-12-22(2)13-15-25)23(3)29(34)30-26-9-6-7-10-26/h12-19,23,26H,5-11,20-21H2,1-4H3,(H,30,34). The number of anilines is 1. The molecule has 0 heterocycles. The first-order valence-electron chi connectivity index (χ1n) is 13.3. The van der Waals surface area contributed by atoms with Crippen LogP contribution in [0.4, 0.5) is 5.69 Å². The fourth-order valence-electron chi connectivity index (χ4n) is 4.77. The lowest BCUT2D eigenvalue weighted by atomic mass is 10.1. The molecular weight excluding hydrogens is 486 g/mol. The van der Waals surface area contributed by atoms with E-state index in [0.717, 1.165) is 48.8 Å². The third-order valence-electron chi connectivity index (χ3n) is 7.13. The number of benzene rings is 2. The van der Waals surface area contributed by atoms with Gasteiger partial charge in [-0.15, -0.1) is 0 Å². The molecule has 0 saturated heterocycles. The summed E-state index contributed by atoms with van der Waals surface area (Å²) in [7, 11) is -3.51. The van der Waals surface area contributed by atoms with Crippen molar-refractivity contribution in [1.29, 1.82) is 0 Å². The Hall–Kier alpha value is -2.87. The van der Waals surface area contributed by atoms with Gasteiger partial charge in [-0.2, -0.15) is 0 Å². The Kier molecular flexibility index (Phi) is 10.1. The zero-order valence-electron chi connectivity index (χ0n) is 22.6. The lowest BCUT2D eigenvalue weighted by Crippen LogP contribution is -2.49. The molecule has 1 unspecified atom stereocenters. The maximum atomic E-state index is 13.4. The first-order valence-corrected chi connectivity index (χ1v) is 15.2. The van der Waals surface area contributed by atoms with Crippen LogP contribution in [0.5, 0.6) is 0 Å². The van der Waals surface area contributed by atoms with Crippen LogP contribution < -0.4 is 9.62 Å². The van der Waals surface area contributed by atoms with E-state index in [1.807, 2.05) is 50.2 Å². The summed E-state index contributed by atoms with van der Waals surface area (Å²) < 4.78 is 26.4. The Bertz CT molecular complexity index is 1140. The Morgan fingerprint density at radius 3 is 2.16 bits per heavy atom. The minimum atomic E-state index is -3.51. The molecule has 1 aliphatic carbocycles. The van der Waals surface area contributed by atoms with E-state index in [1.54, 1.807) is 24.0 Å². The minimum absolute atomic E-state index is 0.138. The highest BCUT2D eigenvalue weighted by molar-refractivity contribution is 7.92. The van der Waals surface area contributed by atoms with Gasteiger partial charge in [0.15, 0.2) is 0 Å². The highest BCUT2D eigenvalue weighted by Crippen LogP contribution is 2.21. The maximum absolute atomic E-state index is 13.4. The third-order valence-corrected chi connectivity index (χ3v) is 8.32. The normalized spacial score (nSPS) is 14.8. The van der Waals surface area contributed by atoms with E-state index >= 15 is 0 Å². The molecule has 8 heteroatoms. The van der Waals surface area contributed by atoms with Crippen molar-refractivity contribution in [2.75, 3.05) is 17.1 Å². The van der Waals surface area contributed by atoms with Gasteiger partial charge in [-0.1, -0.05) is 61.7 Å². The number of nitrogens with one attached hydrogen (secondary N) is 1. The molecule has 0 radical (unpaired) electrons. The molecule has 202 valence electrons. The Balaban J connectivity index is 1.70. The summed E-state index contributed by atoms with van der Waals surface area (Å²) in [6.45, 7) is 6.35. The Labute approximate surface area is 222 Å². The fraction of sp³-hybridized carbons (Fsp3) is 0.517. The van der Waals surface area contributed by atoms with Crippen LogP contribution in [-0.2, 0) is 32.6 Å². The molecule has 2 aromatic rings. The maximum Gasteiger partial charge on any atom is 0.242 e. The number of aryl methyl sites for hydroxylation is 2. The van der Waals surface area contributed by atoms with Crippen LogP contribution in [0, 0.1) is 6.92 Å². The Morgan fingerprint density at radius 1 is 1.00 bits per heavy atom. The number of amides is 2. The molecule has 2 amide bonds. The summed E-state index contributed by atoms with van der Waals surface area (Å²) >= 11 is 0. The lowest BCUT2D eigenvalue weighted by Gasteiger charge is -2.30. The molecule has 37 heavy (non-hydrogen) atoms. The van der Waals surface area contributed by atoms with Crippen molar-refractivity contribution >= 4 is 27.5 Å². The van der Waals surface area contributed by atoms with Crippen LogP contribution in [0.15, 0.2) is 48.5 Å². The Morgan fingerprint density at radius 2 is 1.59 bits per heavy atom. The van der Waals surface area contributed by atoms with Crippen molar-refractivity contribution in [3.63, 3.8) is 0 Å². The van der Waals surface area contributed by atoms with Crippen molar-refractivity contribution in [3.8, 4) is 0 Å². The van der Waals surface area contributed by atoms with Crippen molar-refractivity contribution < 1.29 is 18.0 Å². The molecular formula is C29H41N3O4S. The molecule has 0 bridgehead atoms. The molecule has 2 aromatic carbocycles. The monoisotopic (exact) mass is 527 g/mol. The molecule has 1 aliphatic rings. The predicted octanol–water partition coefficient (Wildman–Crippen LogP) is 4.58. The fourth-order valence-corrected chi connectivity index (χ4v) is 5.73. The molecule has 0 aromatic heterocycles. The number of sulfonamides is 1. The van der Waals surface area contributed by atoms with Crippen LogP contribution in [0.2, 0.25) is 0 Å². The van der Waals surface area contributed by atoms with Gasteiger partial charge in [0.1, 0.15) is 6.04 Å². The third kappa shape index (κ3) is 8.32. The van der Waals surface area contributed by atoms with Crippen LogP contribution in [0.3, 0.4) is 0 Å². The zero-order valence-corrected chi connectivity index (χ0v) is 23.4. The molecule has 3 rings (SSSR count). The van der Waals surface area contributed by atoms with Gasteiger partial charge in [0.2, 0.25) is 21.8 Å². The minimum Gasteiger partial charge on any atom is -0.352 e. The van der Waals surface area contributed by atoms with E-state index < -0.39 is 16.1 Å². The lowest BCUT2D eigenvalue weighted by molar-refractivity contribution is -0.141. The summed E-state index contributed by atoms with van der Waals surface area (Å²) in [5, 5.41) is 3.11. The molecule has 1 fully saturated rings. The van der Waals surface area contributed by atoms with E-state index in [0.29, 0.717) is 18.7 Å². The van der Waals surface area contributed by atoms with Crippen LogP contribution in [0.1, 0.15) is 69.1 Å². The van der Waals surface area contributed by atoms with Gasteiger partial charge < -0.3 is 10.2 Å². The SMILES string of the molecule is CCc1ccc(N(CCCC(=O)N(Cc2ccc(C)cc2)C(C)C(=O)NC2CCCC2)S(C)(=O)=O)cc1. The van der Waals surface area contributed by atoms with Crippen molar-refractivity contribution in [2.24, 2.45) is 0 Å². The first kappa shape index (κ1) is 28.7. The van der Waals surface area contributed by atoms with Gasteiger partial charge in [-0.05, 0) is 62.8 Å². The van der Waals surface area contributed by atoms with Gasteiger partial charge in [0.05, 0.1) is 11.9 Å². The van der Waals surface area contributed by atoms with Gasteiger partial charge >= 0.3 is 0 Å². The highest BCUT2D eigenvalue weighted by atomic mass is 32.2. The average molecular weight is 528 g/mol. The van der Waals surface area contributed by atoms with Gasteiger partial charge in [-0.25, -0.2) is 8.42 Å². The number of carbonyl (C=O) groups excluding carboxylic acids is 2. The van der Waals surface area contributed by atoms with E-state index in [1.165, 1.54) is 10.6 Å². The summed E-state index contributed by atoms with van der Waals surface area (Å²) in [5.74, 6) is -0.300. The van der Waals surface area contributed by atoms with Crippen LogP contribution >= 0.6 is 0 Å². The van der Waals surface area contributed by atoms with Gasteiger partial charge in [0, 0.05) is 25.6 Å². The van der Waals surface area contributed by atoms with Gasteiger partial charge in [0.25, 0.3) is 0 Å². The van der Waals surface area contributed by atoms with Crippen LogP contribution in [-0.4, -0.2) is 50.0 Å². The molecule has 0 spiro atoms. The van der Waals surface area contributed by atoms with Crippen LogP contribution in [0.25, 0.3) is 0 Å². The second kappa shape index (κ2) is 13.1. The van der Waals surface area contributed by atoms with Gasteiger partial charge in [-0.3, -0.25) is 13.9 Å². The second-order valence-electron chi connectivity index (χ2n) is 10.1. The number of hydrogen-bond donors (Lipinski definition) is 1. The van der Waals surface area contributed by atoms with E-state index in [4.69, 9.17) is 0 Å².